The number of carboxylic acids is 4. The van der Waals surface area contributed by atoms with E-state index in [-0.39, 0.29) is 19.6 Å². The van der Waals surface area contributed by atoms with E-state index in [2.05, 4.69) is 5.32 Å². The van der Waals surface area contributed by atoms with Gasteiger partial charge in [-0.3, -0.25) is 24.1 Å². The summed E-state index contributed by atoms with van der Waals surface area (Å²) in [7, 11) is 0. The van der Waals surface area contributed by atoms with Crippen molar-refractivity contribution >= 4 is 23.9 Å². The van der Waals surface area contributed by atoms with E-state index in [1.807, 2.05) is 0 Å². The molecule has 0 heterocycles. The number of aliphatic carboxylic acids is 4. The topological polar surface area (TPSA) is 217 Å². The molecule has 0 saturated carbocycles. The molecule has 9 N–H and O–H groups in total. The Morgan fingerprint density at radius 3 is 1.88 bits per heavy atom. The monoisotopic (exact) mass is 350 g/mol. The van der Waals surface area contributed by atoms with E-state index in [1.165, 1.54) is 0 Å². The highest BCUT2D eigenvalue weighted by molar-refractivity contribution is 5.81. The lowest BCUT2D eigenvalue weighted by atomic mass is 10.1. The van der Waals surface area contributed by atoms with Gasteiger partial charge in [-0.15, -0.1) is 0 Å². The molecule has 3 unspecified atom stereocenters. The zero-order chi connectivity index (χ0) is 18.9. The molecular formula is C12H22N4O8. The number of hydrogen-bond acceptors (Lipinski definition) is 8. The van der Waals surface area contributed by atoms with Gasteiger partial charge in [0.1, 0.15) is 12.1 Å². The highest BCUT2D eigenvalue weighted by atomic mass is 16.4. The van der Waals surface area contributed by atoms with Gasteiger partial charge in [0, 0.05) is 19.6 Å². The van der Waals surface area contributed by atoms with Gasteiger partial charge in [0.15, 0.2) is 0 Å². The molecule has 0 saturated heterocycles. The summed E-state index contributed by atoms with van der Waals surface area (Å²) in [4.78, 5) is 44.7. The van der Waals surface area contributed by atoms with Crippen LogP contribution in [0.5, 0.6) is 0 Å². The number of hydrogen-bond donors (Lipinski definition) is 7. The molecule has 12 nitrogen and oxygen atoms in total. The fourth-order valence-corrected chi connectivity index (χ4v) is 1.99. The molecule has 0 aromatic heterocycles. The van der Waals surface area contributed by atoms with Crippen molar-refractivity contribution in [2.75, 3.05) is 19.6 Å². The molecule has 24 heavy (non-hydrogen) atoms. The summed E-state index contributed by atoms with van der Waals surface area (Å²) >= 11 is 0. The lowest BCUT2D eigenvalue weighted by Gasteiger charge is -2.32. The summed E-state index contributed by atoms with van der Waals surface area (Å²) in [6, 6.07) is -2.83. The summed E-state index contributed by atoms with van der Waals surface area (Å²) in [6.07, 6.45) is -2.36. The predicted octanol–water partition coefficient (Wildman–Crippen LogP) is -3.02. The van der Waals surface area contributed by atoms with Crippen LogP contribution in [0, 0.1) is 0 Å². The van der Waals surface area contributed by atoms with Crippen molar-refractivity contribution in [1.82, 2.24) is 10.2 Å². The quantitative estimate of drug-likeness (QED) is 0.165. The minimum absolute atomic E-state index is 0.124. The maximum atomic E-state index is 11.3. The number of nitrogens with zero attached hydrogens (tertiary/aromatic N) is 1. The Labute approximate surface area is 137 Å². The zero-order valence-corrected chi connectivity index (χ0v) is 12.8. The summed E-state index contributed by atoms with van der Waals surface area (Å²) in [5.74, 6) is -5.47. The third-order valence-corrected chi connectivity index (χ3v) is 3.16. The van der Waals surface area contributed by atoms with E-state index >= 15 is 0 Å². The third-order valence-electron chi connectivity index (χ3n) is 3.16. The first-order valence-electron chi connectivity index (χ1n) is 6.94. The molecule has 0 fully saturated rings. The maximum Gasteiger partial charge on any atom is 0.321 e. The Morgan fingerprint density at radius 2 is 1.50 bits per heavy atom. The molecular weight excluding hydrogens is 328 g/mol. The lowest BCUT2D eigenvalue weighted by molar-refractivity contribution is -0.150. The second-order valence-corrected chi connectivity index (χ2v) is 4.94. The van der Waals surface area contributed by atoms with E-state index in [0.717, 1.165) is 4.90 Å². The van der Waals surface area contributed by atoms with Gasteiger partial charge in [0.05, 0.1) is 19.0 Å². The second-order valence-electron chi connectivity index (χ2n) is 4.94. The molecule has 138 valence electrons. The lowest BCUT2D eigenvalue weighted by Crippen LogP contribution is -2.57. The number of nitrogens with two attached hydrogens (primary N) is 2. The Kier molecular flexibility index (Phi) is 9.49. The number of carboxylic acid groups (broad SMARTS) is 4. The molecule has 3 atom stereocenters. The molecule has 0 radical (unpaired) electrons. The molecule has 12 heteroatoms. The van der Waals surface area contributed by atoms with Gasteiger partial charge in [-0.1, -0.05) is 0 Å². The molecule has 0 aromatic rings. The highest BCUT2D eigenvalue weighted by Gasteiger charge is 2.31. The van der Waals surface area contributed by atoms with E-state index in [1.54, 1.807) is 0 Å². The smallest absolute Gasteiger partial charge is 0.321 e. The minimum Gasteiger partial charge on any atom is -0.481 e. The summed E-state index contributed by atoms with van der Waals surface area (Å²) < 4.78 is 0. The SMILES string of the molecule is NCC(N)N(CCNC(CC(=O)O)C(=O)O)C(CC(=O)O)C(=O)O. The van der Waals surface area contributed by atoms with E-state index < -0.39 is 55.0 Å². The normalized spacial score (nSPS) is 14.8. The van der Waals surface area contributed by atoms with Crippen LogP contribution in [-0.2, 0) is 19.2 Å². The Hall–Kier alpha value is -2.28. The van der Waals surface area contributed by atoms with Crippen LogP contribution in [0.15, 0.2) is 0 Å². The van der Waals surface area contributed by atoms with Crippen LogP contribution in [-0.4, -0.2) is 87.1 Å². The molecule has 0 bridgehead atoms. The van der Waals surface area contributed by atoms with Gasteiger partial charge in [-0.2, -0.15) is 0 Å². The molecule has 0 aliphatic heterocycles. The van der Waals surface area contributed by atoms with Gasteiger partial charge in [0.25, 0.3) is 0 Å². The van der Waals surface area contributed by atoms with Gasteiger partial charge in [-0.25, -0.2) is 0 Å². The van der Waals surface area contributed by atoms with Crippen LogP contribution in [0.3, 0.4) is 0 Å². The van der Waals surface area contributed by atoms with Crippen LogP contribution in [0.2, 0.25) is 0 Å². The number of rotatable bonds is 13. The fraction of sp³-hybridized carbons (Fsp3) is 0.667. The fourth-order valence-electron chi connectivity index (χ4n) is 1.99. The number of nitrogens with one attached hydrogen (secondary N) is 1. The largest absolute Gasteiger partial charge is 0.481 e. The Balaban J connectivity index is 4.95. The van der Waals surface area contributed by atoms with Gasteiger partial charge in [0.2, 0.25) is 0 Å². The van der Waals surface area contributed by atoms with Crippen molar-refractivity contribution in [2.45, 2.75) is 31.1 Å². The maximum absolute atomic E-state index is 11.3. The van der Waals surface area contributed by atoms with Crippen molar-refractivity contribution in [2.24, 2.45) is 11.5 Å². The molecule has 0 aliphatic rings. The van der Waals surface area contributed by atoms with Crippen LogP contribution in [0.1, 0.15) is 12.8 Å². The van der Waals surface area contributed by atoms with Crippen molar-refractivity contribution in [3.8, 4) is 0 Å². The molecule has 0 aromatic carbocycles. The van der Waals surface area contributed by atoms with E-state index in [4.69, 9.17) is 31.9 Å². The van der Waals surface area contributed by atoms with Crippen molar-refractivity contribution in [3.05, 3.63) is 0 Å². The Bertz CT molecular complexity index is 472. The van der Waals surface area contributed by atoms with Crippen LogP contribution < -0.4 is 16.8 Å². The first-order chi connectivity index (χ1) is 11.1. The summed E-state index contributed by atoms with van der Waals surface area (Å²) in [5.41, 5.74) is 11.1. The molecule has 0 aliphatic carbocycles. The van der Waals surface area contributed by atoms with E-state index in [9.17, 15) is 19.2 Å². The minimum atomic E-state index is -1.45. The summed E-state index contributed by atoms with van der Waals surface area (Å²) in [5, 5.41) is 37.9. The first kappa shape index (κ1) is 21.7. The predicted molar refractivity (Wildman–Crippen MR) is 79.1 cm³/mol. The number of carbonyl (C=O) groups is 4. The van der Waals surface area contributed by atoms with Crippen LogP contribution in [0.25, 0.3) is 0 Å². The first-order valence-corrected chi connectivity index (χ1v) is 6.94. The highest BCUT2D eigenvalue weighted by Crippen LogP contribution is 2.07. The average molecular weight is 350 g/mol. The van der Waals surface area contributed by atoms with Crippen LogP contribution >= 0.6 is 0 Å². The van der Waals surface area contributed by atoms with Crippen LogP contribution in [0.4, 0.5) is 0 Å². The average Bonchev–Trinajstić information content (AvgIpc) is 2.46. The van der Waals surface area contributed by atoms with Crippen molar-refractivity contribution in [1.29, 1.82) is 0 Å². The van der Waals surface area contributed by atoms with Gasteiger partial charge < -0.3 is 37.2 Å². The Morgan fingerprint density at radius 1 is 0.958 bits per heavy atom. The van der Waals surface area contributed by atoms with Gasteiger partial charge >= 0.3 is 23.9 Å². The second kappa shape index (κ2) is 10.5. The van der Waals surface area contributed by atoms with Gasteiger partial charge in [-0.05, 0) is 0 Å². The van der Waals surface area contributed by atoms with Crippen molar-refractivity contribution in [3.63, 3.8) is 0 Å². The molecule has 0 rings (SSSR count). The van der Waals surface area contributed by atoms with Crippen molar-refractivity contribution < 1.29 is 39.6 Å². The molecule has 0 amide bonds. The standard InChI is InChI=1S/C12H22N4O8/c13-5-8(14)16(7(12(23)24)4-10(19)20)2-1-15-6(11(21)22)3-9(17)18/h6-8,15H,1-5,13-14H2,(H,17,18)(H,19,20)(H,21,22)(H,23,24). The third kappa shape index (κ3) is 7.82. The zero-order valence-electron chi connectivity index (χ0n) is 12.8. The molecule has 0 spiro atoms. The summed E-state index contributed by atoms with van der Waals surface area (Å²) in [6.45, 7) is -0.408. The van der Waals surface area contributed by atoms with E-state index in [0.29, 0.717) is 0 Å².